The molecule has 8 heteroatoms. The van der Waals surface area contributed by atoms with Gasteiger partial charge in [0.15, 0.2) is 0 Å². The van der Waals surface area contributed by atoms with E-state index in [1.165, 1.54) is 0 Å². The third kappa shape index (κ3) is 4.43. The van der Waals surface area contributed by atoms with Crippen LogP contribution in [0.2, 0.25) is 0 Å². The van der Waals surface area contributed by atoms with E-state index < -0.39 is 5.41 Å². The van der Waals surface area contributed by atoms with E-state index in [9.17, 15) is 9.59 Å². The second-order valence-corrected chi connectivity index (χ2v) is 8.73. The van der Waals surface area contributed by atoms with Gasteiger partial charge in [0.05, 0.1) is 11.0 Å². The summed E-state index contributed by atoms with van der Waals surface area (Å²) in [5.41, 5.74) is 0.384. The largest absolute Gasteiger partial charge is 0.483 e. The molecule has 1 aromatic heterocycles. The van der Waals surface area contributed by atoms with Gasteiger partial charge in [0.2, 0.25) is 0 Å². The number of carbonyl (C=O) groups is 3. The first kappa shape index (κ1) is 21.3. The molecule has 4 rings (SSSR count). The number of carbonyl (C=O) groups excluding carboxylic acids is 2. The lowest BCUT2D eigenvalue weighted by atomic mass is 9.76. The number of carboxylic acid groups (broad SMARTS) is 1. The SMILES string of the molecule is CN(C)CC1CC2(CCN(C(=O)c3csc4ccccc34)CC2)C(=O)O1.O=CO. The summed E-state index contributed by atoms with van der Waals surface area (Å²) in [6, 6.07) is 8.01. The van der Waals surface area contributed by atoms with Gasteiger partial charge in [-0.3, -0.25) is 14.4 Å². The van der Waals surface area contributed by atoms with Crippen LogP contribution in [-0.2, 0) is 14.3 Å². The fraction of sp³-hybridized carbons (Fsp3) is 0.476. The van der Waals surface area contributed by atoms with Gasteiger partial charge < -0.3 is 19.6 Å². The van der Waals surface area contributed by atoms with E-state index in [-0.39, 0.29) is 24.5 Å². The number of rotatable bonds is 3. The summed E-state index contributed by atoms with van der Waals surface area (Å²) < 4.78 is 6.74. The predicted octanol–water partition coefficient (Wildman–Crippen LogP) is 2.70. The van der Waals surface area contributed by atoms with Crippen LogP contribution in [0.4, 0.5) is 0 Å². The van der Waals surface area contributed by atoms with Gasteiger partial charge in [0.1, 0.15) is 6.10 Å². The van der Waals surface area contributed by atoms with E-state index in [0.717, 1.165) is 28.6 Å². The molecule has 1 spiro atoms. The molecular weight excluding hydrogens is 392 g/mol. The third-order valence-electron chi connectivity index (χ3n) is 5.61. The molecule has 0 bridgehead atoms. The van der Waals surface area contributed by atoms with Crippen LogP contribution in [0.25, 0.3) is 10.1 Å². The van der Waals surface area contributed by atoms with Crippen molar-refractivity contribution in [3.05, 3.63) is 35.2 Å². The molecule has 0 radical (unpaired) electrons. The number of esters is 1. The molecule has 1 atom stereocenters. The Hall–Kier alpha value is -2.45. The average molecular weight is 419 g/mol. The molecular formula is C21H26N2O5S. The second-order valence-electron chi connectivity index (χ2n) is 7.82. The fourth-order valence-corrected chi connectivity index (χ4v) is 5.14. The minimum atomic E-state index is -0.395. The average Bonchev–Trinajstić information content (AvgIpc) is 3.23. The van der Waals surface area contributed by atoms with Crippen LogP contribution < -0.4 is 0 Å². The van der Waals surface area contributed by atoms with Gasteiger partial charge in [-0.1, -0.05) is 18.2 Å². The minimum absolute atomic E-state index is 0.0273. The summed E-state index contributed by atoms with van der Waals surface area (Å²) >= 11 is 1.61. The first-order valence-electron chi connectivity index (χ1n) is 9.59. The number of nitrogens with zero attached hydrogens (tertiary/aromatic N) is 2. The highest BCUT2D eigenvalue weighted by Gasteiger charge is 2.50. The van der Waals surface area contributed by atoms with Crippen LogP contribution in [0, 0.1) is 5.41 Å². The van der Waals surface area contributed by atoms with E-state index in [4.69, 9.17) is 14.6 Å². The first-order valence-corrected chi connectivity index (χ1v) is 10.5. The van der Waals surface area contributed by atoms with Crippen molar-refractivity contribution < 1.29 is 24.2 Å². The number of cyclic esters (lactones) is 1. The van der Waals surface area contributed by atoms with Crippen molar-refractivity contribution in [3.8, 4) is 0 Å². The number of hydrogen-bond donors (Lipinski definition) is 1. The Bertz CT molecular complexity index is 886. The van der Waals surface area contributed by atoms with E-state index in [1.54, 1.807) is 11.3 Å². The lowest BCUT2D eigenvalue weighted by molar-refractivity contribution is -0.150. The molecule has 3 heterocycles. The van der Waals surface area contributed by atoms with Crippen molar-refractivity contribution in [1.29, 1.82) is 0 Å². The quantitative estimate of drug-likeness (QED) is 0.609. The van der Waals surface area contributed by atoms with E-state index in [2.05, 4.69) is 4.90 Å². The van der Waals surface area contributed by atoms with Crippen molar-refractivity contribution in [1.82, 2.24) is 9.80 Å². The maximum atomic E-state index is 13.0. The monoisotopic (exact) mass is 418 g/mol. The zero-order valence-corrected chi connectivity index (χ0v) is 17.5. The molecule has 1 amide bonds. The van der Waals surface area contributed by atoms with Crippen LogP contribution >= 0.6 is 11.3 Å². The molecule has 2 fully saturated rings. The van der Waals surface area contributed by atoms with Gasteiger partial charge in [-0.2, -0.15) is 0 Å². The van der Waals surface area contributed by atoms with Gasteiger partial charge in [-0.25, -0.2) is 0 Å². The van der Waals surface area contributed by atoms with Crippen molar-refractivity contribution >= 4 is 39.8 Å². The molecule has 1 aromatic carbocycles. The number of likely N-dealkylation sites (N-methyl/N-ethyl adjacent to an activating group) is 1. The summed E-state index contributed by atoms with van der Waals surface area (Å²) in [6.07, 6.45) is 2.14. The van der Waals surface area contributed by atoms with Gasteiger partial charge in [0, 0.05) is 41.5 Å². The van der Waals surface area contributed by atoms with Crippen LogP contribution in [0.1, 0.15) is 29.6 Å². The lowest BCUT2D eigenvalue weighted by Gasteiger charge is -2.36. The Kier molecular flexibility index (Phi) is 6.54. The standard InChI is InChI=1S/C20H24N2O3S.CH2O2/c1-21(2)12-14-11-20(19(24)25-14)7-9-22(10-8-20)18(23)16-13-26-17-6-4-3-5-15(16)17;2-1-3/h3-6,13-14H,7-12H2,1-2H3;1H,(H,2,3). The number of benzene rings is 1. The Balaban J connectivity index is 0.000000755. The topological polar surface area (TPSA) is 87.2 Å². The molecule has 0 saturated carbocycles. The number of hydrogen-bond acceptors (Lipinski definition) is 6. The summed E-state index contributed by atoms with van der Waals surface area (Å²) in [4.78, 5) is 37.8. The number of amides is 1. The molecule has 2 aliphatic heterocycles. The number of fused-ring (bicyclic) bond motifs is 1. The van der Waals surface area contributed by atoms with Gasteiger partial charge in [-0.15, -0.1) is 11.3 Å². The van der Waals surface area contributed by atoms with E-state index in [0.29, 0.717) is 25.9 Å². The van der Waals surface area contributed by atoms with E-state index >= 15 is 0 Å². The van der Waals surface area contributed by atoms with Crippen molar-refractivity contribution in [3.63, 3.8) is 0 Å². The van der Waals surface area contributed by atoms with Crippen molar-refractivity contribution in [2.75, 3.05) is 33.7 Å². The fourth-order valence-electron chi connectivity index (χ4n) is 4.21. The molecule has 1 N–H and O–H groups in total. The maximum Gasteiger partial charge on any atom is 0.312 e. The molecule has 156 valence electrons. The Morgan fingerprint density at radius 1 is 1.34 bits per heavy atom. The molecule has 0 aliphatic carbocycles. The Morgan fingerprint density at radius 2 is 2.00 bits per heavy atom. The van der Waals surface area contributed by atoms with Crippen molar-refractivity contribution in [2.45, 2.75) is 25.4 Å². The highest BCUT2D eigenvalue weighted by Crippen LogP contribution is 2.43. The van der Waals surface area contributed by atoms with Crippen LogP contribution in [0.5, 0.6) is 0 Å². The maximum absolute atomic E-state index is 13.0. The van der Waals surface area contributed by atoms with Crippen LogP contribution in [0.15, 0.2) is 29.6 Å². The minimum Gasteiger partial charge on any atom is -0.483 e. The van der Waals surface area contributed by atoms with Gasteiger partial charge in [0.25, 0.3) is 12.4 Å². The Morgan fingerprint density at radius 3 is 2.66 bits per heavy atom. The van der Waals surface area contributed by atoms with Crippen LogP contribution in [-0.4, -0.2) is 73.1 Å². The number of piperidine rings is 1. The van der Waals surface area contributed by atoms with Crippen LogP contribution in [0.3, 0.4) is 0 Å². The molecule has 2 saturated heterocycles. The summed E-state index contributed by atoms with van der Waals surface area (Å²) in [5, 5.41) is 9.86. The molecule has 29 heavy (non-hydrogen) atoms. The summed E-state index contributed by atoms with van der Waals surface area (Å²) in [7, 11) is 3.98. The van der Waals surface area contributed by atoms with E-state index in [1.807, 2.05) is 48.6 Å². The third-order valence-corrected chi connectivity index (χ3v) is 6.58. The summed E-state index contributed by atoms with van der Waals surface area (Å²) in [6.45, 7) is 1.75. The highest BCUT2D eigenvalue weighted by molar-refractivity contribution is 7.17. The number of thiophene rings is 1. The normalized spacial score (nSPS) is 20.4. The molecule has 2 aliphatic rings. The Labute approximate surface area is 173 Å². The van der Waals surface area contributed by atoms with Gasteiger partial charge in [-0.05, 0) is 33.0 Å². The zero-order valence-electron chi connectivity index (χ0n) is 16.7. The highest BCUT2D eigenvalue weighted by atomic mass is 32.1. The lowest BCUT2D eigenvalue weighted by Crippen LogP contribution is -2.45. The molecule has 7 nitrogen and oxygen atoms in total. The summed E-state index contributed by atoms with van der Waals surface area (Å²) in [5.74, 6) is 0.00550. The zero-order chi connectivity index (χ0) is 21.0. The van der Waals surface area contributed by atoms with Crippen molar-refractivity contribution in [2.24, 2.45) is 5.41 Å². The first-order chi connectivity index (χ1) is 13.9. The number of ether oxygens (including phenoxy) is 1. The number of likely N-dealkylation sites (tertiary alicyclic amines) is 1. The smallest absolute Gasteiger partial charge is 0.312 e. The van der Waals surface area contributed by atoms with Gasteiger partial charge >= 0.3 is 5.97 Å². The molecule has 1 unspecified atom stereocenters. The molecule has 2 aromatic rings. The second kappa shape index (κ2) is 8.92. The predicted molar refractivity (Wildman–Crippen MR) is 111 cm³/mol.